The molecular formula is C10H14N2O2. The van der Waals surface area contributed by atoms with E-state index in [0.29, 0.717) is 5.82 Å². The van der Waals surface area contributed by atoms with Gasteiger partial charge in [0.1, 0.15) is 11.4 Å². The number of aryl methyl sites for hydroxylation is 1. The van der Waals surface area contributed by atoms with Crippen molar-refractivity contribution in [2.45, 2.75) is 20.3 Å². The van der Waals surface area contributed by atoms with Gasteiger partial charge in [0.25, 0.3) is 0 Å². The second-order valence-electron chi connectivity index (χ2n) is 3.08. The standard InChI is InChI=1S/C10H14N2O2/c1-3-6-11-9-8(10(13)14)5-4-7(2)12-9/h4-5H,3,6H2,1-2H3,(H,11,12)(H,13,14). The molecule has 0 aliphatic carbocycles. The minimum absolute atomic E-state index is 0.226. The largest absolute Gasteiger partial charge is 0.478 e. The molecule has 0 amide bonds. The molecular weight excluding hydrogens is 180 g/mol. The summed E-state index contributed by atoms with van der Waals surface area (Å²) in [5, 5.41) is 11.9. The van der Waals surface area contributed by atoms with Gasteiger partial charge in [-0.3, -0.25) is 0 Å². The summed E-state index contributed by atoms with van der Waals surface area (Å²) in [4.78, 5) is 15.0. The molecule has 4 nitrogen and oxygen atoms in total. The Bertz CT molecular complexity index is 337. The number of anilines is 1. The lowest BCUT2D eigenvalue weighted by Gasteiger charge is -2.07. The van der Waals surface area contributed by atoms with Crippen molar-refractivity contribution in [3.8, 4) is 0 Å². The smallest absolute Gasteiger partial charge is 0.339 e. The van der Waals surface area contributed by atoms with Gasteiger partial charge in [0.05, 0.1) is 0 Å². The average molecular weight is 194 g/mol. The van der Waals surface area contributed by atoms with Gasteiger partial charge in [0.2, 0.25) is 0 Å². The Hall–Kier alpha value is -1.58. The van der Waals surface area contributed by atoms with E-state index in [9.17, 15) is 4.79 Å². The number of nitrogens with one attached hydrogen (secondary N) is 1. The van der Waals surface area contributed by atoms with Gasteiger partial charge in [-0.05, 0) is 25.5 Å². The van der Waals surface area contributed by atoms with Crippen LogP contribution in [0.3, 0.4) is 0 Å². The second-order valence-corrected chi connectivity index (χ2v) is 3.08. The summed E-state index contributed by atoms with van der Waals surface area (Å²) in [6.45, 7) is 4.59. The highest BCUT2D eigenvalue weighted by atomic mass is 16.4. The van der Waals surface area contributed by atoms with Crippen LogP contribution in [0.5, 0.6) is 0 Å². The van der Waals surface area contributed by atoms with Crippen LogP contribution in [-0.4, -0.2) is 22.6 Å². The maximum Gasteiger partial charge on any atom is 0.339 e. The number of hydrogen-bond acceptors (Lipinski definition) is 3. The van der Waals surface area contributed by atoms with Gasteiger partial charge in [-0.15, -0.1) is 0 Å². The minimum Gasteiger partial charge on any atom is -0.478 e. The first kappa shape index (κ1) is 10.5. The van der Waals surface area contributed by atoms with E-state index in [1.54, 1.807) is 12.1 Å². The van der Waals surface area contributed by atoms with Gasteiger partial charge in [-0.25, -0.2) is 9.78 Å². The summed E-state index contributed by atoms with van der Waals surface area (Å²) in [7, 11) is 0. The van der Waals surface area contributed by atoms with E-state index in [0.717, 1.165) is 18.7 Å². The predicted molar refractivity (Wildman–Crippen MR) is 54.7 cm³/mol. The van der Waals surface area contributed by atoms with E-state index in [4.69, 9.17) is 5.11 Å². The zero-order valence-electron chi connectivity index (χ0n) is 8.37. The minimum atomic E-state index is -0.948. The first-order valence-electron chi connectivity index (χ1n) is 4.60. The first-order valence-corrected chi connectivity index (χ1v) is 4.60. The highest BCUT2D eigenvalue weighted by molar-refractivity contribution is 5.93. The van der Waals surface area contributed by atoms with E-state index >= 15 is 0 Å². The Morgan fingerprint density at radius 3 is 2.86 bits per heavy atom. The van der Waals surface area contributed by atoms with Crippen molar-refractivity contribution in [2.24, 2.45) is 0 Å². The lowest BCUT2D eigenvalue weighted by Crippen LogP contribution is -2.09. The third-order valence-corrected chi connectivity index (χ3v) is 1.81. The third-order valence-electron chi connectivity index (χ3n) is 1.81. The SMILES string of the molecule is CCCNc1nc(C)ccc1C(=O)O. The molecule has 1 rings (SSSR count). The van der Waals surface area contributed by atoms with Crippen LogP contribution in [0.2, 0.25) is 0 Å². The normalized spacial score (nSPS) is 9.86. The highest BCUT2D eigenvalue weighted by Gasteiger charge is 2.10. The molecule has 0 saturated carbocycles. The number of carboxylic acid groups (broad SMARTS) is 1. The van der Waals surface area contributed by atoms with Crippen LogP contribution in [0.4, 0.5) is 5.82 Å². The second kappa shape index (κ2) is 4.60. The van der Waals surface area contributed by atoms with Crippen LogP contribution < -0.4 is 5.32 Å². The van der Waals surface area contributed by atoms with Gasteiger partial charge in [-0.1, -0.05) is 6.92 Å². The van der Waals surface area contributed by atoms with Gasteiger partial charge < -0.3 is 10.4 Å². The molecule has 0 aromatic carbocycles. The lowest BCUT2D eigenvalue weighted by molar-refractivity contribution is 0.0697. The molecule has 14 heavy (non-hydrogen) atoms. The summed E-state index contributed by atoms with van der Waals surface area (Å²) in [5.41, 5.74) is 1.04. The van der Waals surface area contributed by atoms with Crippen LogP contribution >= 0.6 is 0 Å². The number of hydrogen-bond donors (Lipinski definition) is 2. The maximum atomic E-state index is 10.8. The lowest BCUT2D eigenvalue weighted by atomic mass is 10.2. The van der Waals surface area contributed by atoms with Crippen molar-refractivity contribution in [1.82, 2.24) is 4.98 Å². The molecule has 0 spiro atoms. The Balaban J connectivity index is 2.97. The fourth-order valence-corrected chi connectivity index (χ4v) is 1.11. The summed E-state index contributed by atoms with van der Waals surface area (Å²) >= 11 is 0. The fraction of sp³-hybridized carbons (Fsp3) is 0.400. The molecule has 0 atom stereocenters. The maximum absolute atomic E-state index is 10.8. The number of carboxylic acids is 1. The molecule has 0 aliphatic heterocycles. The zero-order valence-corrected chi connectivity index (χ0v) is 8.37. The predicted octanol–water partition coefficient (Wildman–Crippen LogP) is 1.91. The van der Waals surface area contributed by atoms with Crippen molar-refractivity contribution < 1.29 is 9.90 Å². The van der Waals surface area contributed by atoms with Crippen molar-refractivity contribution in [3.05, 3.63) is 23.4 Å². The van der Waals surface area contributed by atoms with E-state index in [1.807, 2.05) is 13.8 Å². The molecule has 0 fully saturated rings. The Morgan fingerprint density at radius 2 is 2.29 bits per heavy atom. The van der Waals surface area contributed by atoms with Crippen LogP contribution in [0, 0.1) is 6.92 Å². The van der Waals surface area contributed by atoms with Crippen molar-refractivity contribution >= 4 is 11.8 Å². The van der Waals surface area contributed by atoms with Gasteiger partial charge in [0.15, 0.2) is 0 Å². The molecule has 1 aromatic rings. The molecule has 4 heteroatoms. The van der Waals surface area contributed by atoms with Crippen LogP contribution in [0.1, 0.15) is 29.4 Å². The van der Waals surface area contributed by atoms with Gasteiger partial charge >= 0.3 is 5.97 Å². The van der Waals surface area contributed by atoms with Gasteiger partial charge in [0, 0.05) is 12.2 Å². The average Bonchev–Trinajstić information content (AvgIpc) is 2.14. The molecule has 0 aliphatic rings. The fourth-order valence-electron chi connectivity index (χ4n) is 1.11. The van der Waals surface area contributed by atoms with Crippen LogP contribution in [-0.2, 0) is 0 Å². The molecule has 1 heterocycles. The zero-order chi connectivity index (χ0) is 10.6. The summed E-state index contributed by atoms with van der Waals surface area (Å²) < 4.78 is 0. The van der Waals surface area contributed by atoms with E-state index in [1.165, 1.54) is 0 Å². The summed E-state index contributed by atoms with van der Waals surface area (Å²) in [6.07, 6.45) is 0.939. The molecule has 0 bridgehead atoms. The van der Waals surface area contributed by atoms with E-state index < -0.39 is 5.97 Å². The van der Waals surface area contributed by atoms with Crippen LogP contribution in [0.15, 0.2) is 12.1 Å². The van der Waals surface area contributed by atoms with Crippen molar-refractivity contribution in [3.63, 3.8) is 0 Å². The molecule has 0 saturated heterocycles. The number of nitrogens with zero attached hydrogens (tertiary/aromatic N) is 1. The summed E-state index contributed by atoms with van der Waals surface area (Å²) in [5.74, 6) is -0.490. The Kier molecular flexibility index (Phi) is 3.45. The summed E-state index contributed by atoms with van der Waals surface area (Å²) in [6, 6.07) is 3.27. The number of aromatic nitrogens is 1. The monoisotopic (exact) mass is 194 g/mol. The van der Waals surface area contributed by atoms with E-state index in [-0.39, 0.29) is 5.56 Å². The first-order chi connectivity index (χ1) is 6.65. The number of aromatic carboxylic acids is 1. The number of pyridine rings is 1. The molecule has 2 N–H and O–H groups in total. The van der Waals surface area contributed by atoms with Crippen molar-refractivity contribution in [2.75, 3.05) is 11.9 Å². The Labute approximate surface area is 83.0 Å². The Morgan fingerprint density at radius 1 is 1.57 bits per heavy atom. The number of carbonyl (C=O) groups is 1. The van der Waals surface area contributed by atoms with Crippen LogP contribution in [0.25, 0.3) is 0 Å². The molecule has 0 radical (unpaired) electrons. The topological polar surface area (TPSA) is 62.2 Å². The molecule has 0 unspecified atom stereocenters. The van der Waals surface area contributed by atoms with Crippen molar-refractivity contribution in [1.29, 1.82) is 0 Å². The third kappa shape index (κ3) is 2.45. The van der Waals surface area contributed by atoms with E-state index in [2.05, 4.69) is 10.3 Å². The van der Waals surface area contributed by atoms with Gasteiger partial charge in [-0.2, -0.15) is 0 Å². The molecule has 1 aromatic heterocycles. The quantitative estimate of drug-likeness (QED) is 0.768. The number of rotatable bonds is 4. The highest BCUT2D eigenvalue weighted by Crippen LogP contribution is 2.13. The molecule has 76 valence electrons.